The van der Waals surface area contributed by atoms with Gasteiger partial charge in [-0.1, -0.05) is 6.07 Å². The minimum absolute atomic E-state index is 0.146. The van der Waals surface area contributed by atoms with Gasteiger partial charge >= 0.3 is 11.8 Å². The smallest absolute Gasteiger partial charge is 0.309 e. The van der Waals surface area contributed by atoms with E-state index in [9.17, 15) is 9.59 Å². The maximum atomic E-state index is 11.3. The molecule has 1 atom stereocenters. The number of thiophene rings is 1. The van der Waals surface area contributed by atoms with Crippen LogP contribution in [0.5, 0.6) is 0 Å². The van der Waals surface area contributed by atoms with Crippen molar-refractivity contribution in [2.24, 2.45) is 5.73 Å². The maximum absolute atomic E-state index is 11.3. The monoisotopic (exact) mass is 292 g/mol. The predicted molar refractivity (Wildman–Crippen MR) is 76.4 cm³/mol. The van der Waals surface area contributed by atoms with Crippen molar-refractivity contribution in [2.45, 2.75) is 19.9 Å². The summed E-state index contributed by atoms with van der Waals surface area (Å²) >= 11 is 1.58. The first-order valence-electron chi connectivity index (χ1n) is 6.13. The van der Waals surface area contributed by atoms with Crippen molar-refractivity contribution in [2.75, 3.05) is 6.54 Å². The Morgan fingerprint density at radius 1 is 1.50 bits per heavy atom. The zero-order chi connectivity index (χ0) is 14.7. The highest BCUT2D eigenvalue weighted by Gasteiger charge is 2.20. The first kappa shape index (κ1) is 14.3. The van der Waals surface area contributed by atoms with Crippen LogP contribution in [0.25, 0.3) is 0 Å². The molecule has 0 spiro atoms. The number of carbonyl (C=O) groups is 2. The second-order valence-corrected chi connectivity index (χ2v) is 5.46. The predicted octanol–water partition coefficient (Wildman–Crippen LogP) is 0.752. The maximum Gasteiger partial charge on any atom is 0.309 e. The zero-order valence-electron chi connectivity index (χ0n) is 11.3. The van der Waals surface area contributed by atoms with Crippen molar-refractivity contribution in [3.8, 4) is 0 Å². The number of rotatable bonds is 4. The third kappa shape index (κ3) is 3.05. The molecule has 6 nitrogen and oxygen atoms in total. The summed E-state index contributed by atoms with van der Waals surface area (Å²) in [6.07, 6.45) is 0. The molecule has 106 valence electrons. The zero-order valence-corrected chi connectivity index (χ0v) is 12.1. The van der Waals surface area contributed by atoms with E-state index in [1.807, 2.05) is 42.1 Å². The molecule has 0 unspecified atom stereocenters. The summed E-state index contributed by atoms with van der Waals surface area (Å²) in [5.41, 5.74) is 6.85. The molecule has 0 radical (unpaired) electrons. The molecule has 2 heterocycles. The number of aromatic nitrogens is 2. The Bertz CT molecular complexity index is 618. The summed E-state index contributed by atoms with van der Waals surface area (Å²) in [5, 5.41) is 8.95. The topological polar surface area (TPSA) is 90.0 Å². The fourth-order valence-corrected chi connectivity index (χ4v) is 2.84. The van der Waals surface area contributed by atoms with Crippen LogP contribution in [0, 0.1) is 13.8 Å². The Kier molecular flexibility index (Phi) is 4.19. The van der Waals surface area contributed by atoms with Gasteiger partial charge in [-0.05, 0) is 31.4 Å². The van der Waals surface area contributed by atoms with Crippen molar-refractivity contribution in [1.29, 1.82) is 0 Å². The number of amides is 2. The Morgan fingerprint density at radius 2 is 2.25 bits per heavy atom. The summed E-state index contributed by atoms with van der Waals surface area (Å²) in [6.45, 7) is 4.14. The number of aryl methyl sites for hydroxylation is 2. The molecule has 0 saturated heterocycles. The number of nitrogens with zero attached hydrogens (tertiary/aromatic N) is 2. The number of hydrogen-bond acceptors (Lipinski definition) is 4. The molecule has 0 fully saturated rings. The highest BCUT2D eigenvalue weighted by atomic mass is 32.1. The highest BCUT2D eigenvalue weighted by molar-refractivity contribution is 7.10. The Labute approximate surface area is 120 Å². The van der Waals surface area contributed by atoms with Crippen LogP contribution in [-0.4, -0.2) is 28.1 Å². The van der Waals surface area contributed by atoms with Crippen molar-refractivity contribution < 1.29 is 9.59 Å². The molecule has 2 rings (SSSR count). The van der Waals surface area contributed by atoms with Crippen LogP contribution in [0.4, 0.5) is 0 Å². The van der Waals surface area contributed by atoms with Crippen molar-refractivity contribution in [3.05, 3.63) is 39.8 Å². The first-order valence-corrected chi connectivity index (χ1v) is 7.00. The van der Waals surface area contributed by atoms with Crippen LogP contribution < -0.4 is 11.1 Å². The molecule has 2 amide bonds. The van der Waals surface area contributed by atoms with E-state index in [2.05, 4.69) is 10.4 Å². The molecule has 0 aliphatic rings. The Hall–Kier alpha value is -2.15. The van der Waals surface area contributed by atoms with Gasteiger partial charge in [0, 0.05) is 17.1 Å². The van der Waals surface area contributed by atoms with Crippen LogP contribution in [0.1, 0.15) is 22.3 Å². The molecule has 2 aromatic rings. The van der Waals surface area contributed by atoms with E-state index in [1.54, 1.807) is 11.3 Å². The van der Waals surface area contributed by atoms with E-state index in [0.717, 1.165) is 16.3 Å². The van der Waals surface area contributed by atoms with Gasteiger partial charge in [-0.2, -0.15) is 5.10 Å². The SMILES string of the molecule is Cc1cc(C)n([C@H](CNC(=O)C(N)=O)c2cccs2)n1. The van der Waals surface area contributed by atoms with E-state index in [0.29, 0.717) is 0 Å². The van der Waals surface area contributed by atoms with Crippen LogP contribution in [-0.2, 0) is 9.59 Å². The van der Waals surface area contributed by atoms with Crippen LogP contribution in [0.2, 0.25) is 0 Å². The average Bonchev–Trinajstić information content (AvgIpc) is 3.00. The molecular formula is C13H16N4O2S. The number of primary amides is 1. The lowest BCUT2D eigenvalue weighted by atomic mass is 10.2. The molecule has 0 aliphatic heterocycles. The first-order chi connectivity index (χ1) is 9.49. The summed E-state index contributed by atoms with van der Waals surface area (Å²) in [7, 11) is 0. The number of carbonyl (C=O) groups excluding carboxylic acids is 2. The van der Waals surface area contributed by atoms with Gasteiger partial charge in [0.1, 0.15) is 6.04 Å². The van der Waals surface area contributed by atoms with Gasteiger partial charge in [-0.25, -0.2) is 0 Å². The van der Waals surface area contributed by atoms with Crippen molar-refractivity contribution in [1.82, 2.24) is 15.1 Å². The lowest BCUT2D eigenvalue weighted by Crippen LogP contribution is -2.39. The summed E-state index contributed by atoms with van der Waals surface area (Å²) in [6, 6.07) is 5.74. The van der Waals surface area contributed by atoms with E-state index in [1.165, 1.54) is 0 Å². The minimum atomic E-state index is -0.983. The molecule has 3 N–H and O–H groups in total. The molecule has 20 heavy (non-hydrogen) atoms. The lowest BCUT2D eigenvalue weighted by molar-refractivity contribution is -0.137. The summed E-state index contributed by atoms with van der Waals surface area (Å²) in [5.74, 6) is -1.77. The second kappa shape index (κ2) is 5.87. The standard InChI is InChI=1S/C13H16N4O2S/c1-8-6-9(2)17(16-8)10(11-4-3-5-20-11)7-15-13(19)12(14)18/h3-6,10H,7H2,1-2H3,(H2,14,18)(H,15,19)/t10-/m1/s1. The van der Waals surface area contributed by atoms with Gasteiger partial charge in [0.25, 0.3) is 0 Å². The van der Waals surface area contributed by atoms with Gasteiger partial charge < -0.3 is 11.1 Å². The largest absolute Gasteiger partial charge is 0.361 e. The average molecular weight is 292 g/mol. The number of nitrogens with two attached hydrogens (primary N) is 1. The third-order valence-electron chi connectivity index (χ3n) is 2.89. The van der Waals surface area contributed by atoms with Gasteiger partial charge in [0.15, 0.2) is 0 Å². The van der Waals surface area contributed by atoms with Crippen LogP contribution in [0.15, 0.2) is 23.6 Å². The fraction of sp³-hybridized carbons (Fsp3) is 0.308. The molecule has 7 heteroatoms. The second-order valence-electron chi connectivity index (χ2n) is 4.48. The van der Waals surface area contributed by atoms with E-state index in [-0.39, 0.29) is 12.6 Å². The molecule has 0 saturated carbocycles. The Morgan fingerprint density at radius 3 is 2.75 bits per heavy atom. The van der Waals surface area contributed by atoms with Gasteiger partial charge in [-0.3, -0.25) is 14.3 Å². The normalized spacial score (nSPS) is 12.1. The lowest BCUT2D eigenvalue weighted by Gasteiger charge is -2.18. The van der Waals surface area contributed by atoms with Gasteiger partial charge in [0.05, 0.1) is 5.69 Å². The Balaban J connectivity index is 2.24. The van der Waals surface area contributed by atoms with E-state index >= 15 is 0 Å². The van der Waals surface area contributed by atoms with Gasteiger partial charge in [0.2, 0.25) is 0 Å². The summed E-state index contributed by atoms with van der Waals surface area (Å²) < 4.78 is 1.85. The number of hydrogen-bond donors (Lipinski definition) is 2. The molecule has 0 bridgehead atoms. The van der Waals surface area contributed by atoms with E-state index < -0.39 is 11.8 Å². The van der Waals surface area contributed by atoms with Crippen molar-refractivity contribution >= 4 is 23.2 Å². The number of nitrogens with one attached hydrogen (secondary N) is 1. The molecule has 2 aromatic heterocycles. The van der Waals surface area contributed by atoms with Gasteiger partial charge in [-0.15, -0.1) is 11.3 Å². The van der Waals surface area contributed by atoms with Crippen LogP contribution >= 0.6 is 11.3 Å². The quantitative estimate of drug-likeness (QED) is 0.815. The van der Waals surface area contributed by atoms with Crippen LogP contribution in [0.3, 0.4) is 0 Å². The molecule has 0 aromatic carbocycles. The van der Waals surface area contributed by atoms with Crippen molar-refractivity contribution in [3.63, 3.8) is 0 Å². The molecular weight excluding hydrogens is 276 g/mol. The third-order valence-corrected chi connectivity index (χ3v) is 3.86. The molecule has 0 aliphatic carbocycles. The highest BCUT2D eigenvalue weighted by Crippen LogP contribution is 2.23. The fourth-order valence-electron chi connectivity index (χ4n) is 2.03. The minimum Gasteiger partial charge on any atom is -0.361 e. The van der Waals surface area contributed by atoms with E-state index in [4.69, 9.17) is 5.73 Å². The summed E-state index contributed by atoms with van der Waals surface area (Å²) in [4.78, 5) is 23.2.